The molecule has 0 bridgehead atoms. The summed E-state index contributed by atoms with van der Waals surface area (Å²) in [5.41, 5.74) is -0.0425. The Bertz CT molecular complexity index is 976. The molecule has 10 nitrogen and oxygen atoms in total. The maximum Gasteiger partial charge on any atom is 0.408 e. The zero-order valence-corrected chi connectivity index (χ0v) is 21.3. The minimum absolute atomic E-state index is 0.00895. The second-order valence-corrected chi connectivity index (χ2v) is 9.41. The van der Waals surface area contributed by atoms with Gasteiger partial charge in [0.2, 0.25) is 5.91 Å². The van der Waals surface area contributed by atoms with E-state index in [1.54, 1.807) is 27.7 Å². The van der Waals surface area contributed by atoms with Crippen molar-refractivity contribution in [3.8, 4) is 18.2 Å². The van der Waals surface area contributed by atoms with Crippen molar-refractivity contribution in [2.75, 3.05) is 13.7 Å². The standard InChI is InChI=1S/C25H35N3O7/c1-9-28(23(32)18(12-15(2)3)27-24(33)35-25(5,6)7)21(22(31)26-14-20(30)34-8)17-10-11-19(29)16(4)13-17/h1,10-11,13,15,18,21,29H,12,14H2,2-8H3,(H,26,31)(H,27,33). The number of alkyl carbamates (subject to hydrolysis) is 1. The van der Waals surface area contributed by atoms with Crippen LogP contribution in [0.4, 0.5) is 4.79 Å². The average molecular weight is 490 g/mol. The van der Waals surface area contributed by atoms with Crippen LogP contribution in [0, 0.1) is 25.3 Å². The third kappa shape index (κ3) is 9.20. The zero-order valence-electron chi connectivity index (χ0n) is 21.3. The Balaban J connectivity index is 3.41. The van der Waals surface area contributed by atoms with Crippen LogP contribution in [0.3, 0.4) is 0 Å². The van der Waals surface area contributed by atoms with Gasteiger partial charge in [-0.3, -0.25) is 19.3 Å². The van der Waals surface area contributed by atoms with Gasteiger partial charge in [0.05, 0.1) is 7.11 Å². The summed E-state index contributed by atoms with van der Waals surface area (Å²) in [4.78, 5) is 51.5. The summed E-state index contributed by atoms with van der Waals surface area (Å²) in [5.74, 6) is -2.17. The maximum atomic E-state index is 13.6. The number of aryl methyl sites for hydroxylation is 1. The van der Waals surface area contributed by atoms with E-state index >= 15 is 0 Å². The summed E-state index contributed by atoms with van der Waals surface area (Å²) in [7, 11) is 1.17. The number of phenolic OH excluding ortho intramolecular Hbond substituents is 1. The van der Waals surface area contributed by atoms with Crippen molar-refractivity contribution >= 4 is 23.9 Å². The molecule has 0 saturated carbocycles. The normalized spacial score (nSPS) is 12.7. The number of nitrogens with one attached hydrogen (secondary N) is 2. The molecule has 3 amide bonds. The number of phenols is 1. The van der Waals surface area contributed by atoms with E-state index in [1.165, 1.54) is 25.3 Å². The highest BCUT2D eigenvalue weighted by atomic mass is 16.6. The Hall–Kier alpha value is -3.74. The van der Waals surface area contributed by atoms with Crippen molar-refractivity contribution in [2.24, 2.45) is 5.92 Å². The molecule has 2 atom stereocenters. The van der Waals surface area contributed by atoms with Gasteiger partial charge in [0, 0.05) is 6.04 Å². The van der Waals surface area contributed by atoms with Gasteiger partial charge in [-0.15, -0.1) is 0 Å². The first-order valence-electron chi connectivity index (χ1n) is 11.1. The molecule has 1 aromatic rings. The molecule has 0 spiro atoms. The van der Waals surface area contributed by atoms with Crippen LogP contribution >= 0.6 is 0 Å². The lowest BCUT2D eigenvalue weighted by atomic mass is 9.98. The van der Waals surface area contributed by atoms with E-state index in [9.17, 15) is 24.3 Å². The molecule has 35 heavy (non-hydrogen) atoms. The monoisotopic (exact) mass is 489 g/mol. The molecule has 0 aliphatic heterocycles. The summed E-state index contributed by atoms with van der Waals surface area (Å²) in [6.45, 7) is 9.97. The van der Waals surface area contributed by atoms with Crippen molar-refractivity contribution in [3.05, 3.63) is 29.3 Å². The number of benzene rings is 1. The lowest BCUT2D eigenvalue weighted by Crippen LogP contribution is -2.52. The number of aromatic hydroxyl groups is 1. The minimum atomic E-state index is -1.36. The molecule has 3 N–H and O–H groups in total. The Morgan fingerprint density at radius 2 is 1.83 bits per heavy atom. The molecule has 0 fully saturated rings. The number of amides is 3. The van der Waals surface area contributed by atoms with E-state index < -0.39 is 48.1 Å². The molecule has 0 aliphatic rings. The smallest absolute Gasteiger partial charge is 0.408 e. The number of esters is 1. The van der Waals surface area contributed by atoms with E-state index in [-0.39, 0.29) is 18.1 Å². The van der Waals surface area contributed by atoms with Gasteiger partial charge in [0.15, 0.2) is 0 Å². The SMILES string of the molecule is C#CN(C(=O)C(CC(C)C)NC(=O)OC(C)(C)C)C(C(=O)NCC(=O)OC)c1ccc(O)c(C)c1. The minimum Gasteiger partial charge on any atom is -0.508 e. The van der Waals surface area contributed by atoms with E-state index in [4.69, 9.17) is 11.2 Å². The Labute approximate surface area is 206 Å². The third-order valence-electron chi connectivity index (χ3n) is 4.75. The van der Waals surface area contributed by atoms with Crippen molar-refractivity contribution in [1.82, 2.24) is 15.5 Å². The van der Waals surface area contributed by atoms with Crippen LogP contribution in [0.25, 0.3) is 0 Å². The zero-order chi connectivity index (χ0) is 26.9. The van der Waals surface area contributed by atoms with Crippen molar-refractivity contribution in [2.45, 2.75) is 65.6 Å². The van der Waals surface area contributed by atoms with Crippen LogP contribution in [-0.2, 0) is 23.9 Å². The van der Waals surface area contributed by atoms with Gasteiger partial charge in [-0.25, -0.2) is 4.79 Å². The molecule has 2 unspecified atom stereocenters. The molecule has 0 heterocycles. The van der Waals surface area contributed by atoms with Crippen LogP contribution in [0.5, 0.6) is 5.75 Å². The van der Waals surface area contributed by atoms with E-state index in [2.05, 4.69) is 21.4 Å². The van der Waals surface area contributed by atoms with Gasteiger partial charge in [0.25, 0.3) is 5.91 Å². The fourth-order valence-corrected chi connectivity index (χ4v) is 3.17. The largest absolute Gasteiger partial charge is 0.508 e. The number of carbonyl (C=O) groups is 4. The first-order valence-corrected chi connectivity index (χ1v) is 11.1. The lowest BCUT2D eigenvalue weighted by Gasteiger charge is -2.31. The lowest BCUT2D eigenvalue weighted by molar-refractivity contribution is -0.143. The van der Waals surface area contributed by atoms with Crippen LogP contribution in [0.2, 0.25) is 0 Å². The summed E-state index contributed by atoms with van der Waals surface area (Å²) >= 11 is 0. The van der Waals surface area contributed by atoms with Gasteiger partial charge in [-0.2, -0.15) is 0 Å². The highest BCUT2D eigenvalue weighted by molar-refractivity contribution is 5.94. The van der Waals surface area contributed by atoms with Gasteiger partial charge in [-0.05, 0) is 63.3 Å². The summed E-state index contributed by atoms with van der Waals surface area (Å²) in [5, 5.41) is 14.9. The predicted octanol–water partition coefficient (Wildman–Crippen LogP) is 2.39. The first kappa shape index (κ1) is 29.3. The predicted molar refractivity (Wildman–Crippen MR) is 129 cm³/mol. The first-order chi connectivity index (χ1) is 16.2. The maximum absolute atomic E-state index is 13.6. The van der Waals surface area contributed by atoms with Crippen LogP contribution < -0.4 is 10.6 Å². The van der Waals surface area contributed by atoms with Gasteiger partial charge < -0.3 is 25.2 Å². The number of methoxy groups -OCH3 is 1. The molecule has 0 radical (unpaired) electrons. The summed E-state index contributed by atoms with van der Waals surface area (Å²) in [6.07, 6.45) is 5.11. The number of ether oxygens (including phenoxy) is 2. The fourth-order valence-electron chi connectivity index (χ4n) is 3.17. The second-order valence-electron chi connectivity index (χ2n) is 9.41. The molecular formula is C25H35N3O7. The van der Waals surface area contributed by atoms with E-state index in [0.29, 0.717) is 11.1 Å². The number of nitrogens with zero attached hydrogens (tertiary/aromatic N) is 1. The van der Waals surface area contributed by atoms with Crippen molar-refractivity contribution in [1.29, 1.82) is 0 Å². The molecule has 0 saturated heterocycles. The topological polar surface area (TPSA) is 134 Å². The van der Waals surface area contributed by atoms with E-state index in [0.717, 1.165) is 4.90 Å². The second kappa shape index (κ2) is 12.6. The Kier molecular flexibility index (Phi) is 10.6. The highest BCUT2D eigenvalue weighted by Gasteiger charge is 2.36. The van der Waals surface area contributed by atoms with Gasteiger partial charge in [-0.1, -0.05) is 26.3 Å². The summed E-state index contributed by atoms with van der Waals surface area (Å²) in [6, 6.07) is 4.12. The van der Waals surface area contributed by atoms with Gasteiger partial charge >= 0.3 is 12.1 Å². The number of rotatable bonds is 9. The fraction of sp³-hybridized carbons (Fsp3) is 0.520. The number of terminal acetylenes is 1. The number of hydrogen-bond acceptors (Lipinski definition) is 7. The quantitative estimate of drug-likeness (QED) is 0.275. The van der Waals surface area contributed by atoms with Crippen LogP contribution in [-0.4, -0.2) is 59.2 Å². The highest BCUT2D eigenvalue weighted by Crippen LogP contribution is 2.27. The molecule has 1 aromatic carbocycles. The molecule has 1 rings (SSSR count). The van der Waals surface area contributed by atoms with Crippen LogP contribution in [0.1, 0.15) is 58.2 Å². The molecule has 192 valence electrons. The van der Waals surface area contributed by atoms with Gasteiger partial charge in [0.1, 0.15) is 30.0 Å². The van der Waals surface area contributed by atoms with Crippen LogP contribution in [0.15, 0.2) is 18.2 Å². The molecule has 0 aromatic heterocycles. The van der Waals surface area contributed by atoms with Crippen molar-refractivity contribution < 1.29 is 33.8 Å². The molecule has 10 heteroatoms. The Morgan fingerprint density at radius 3 is 2.31 bits per heavy atom. The number of carbonyl (C=O) groups excluding carboxylic acids is 4. The average Bonchev–Trinajstić information content (AvgIpc) is 2.74. The van der Waals surface area contributed by atoms with Crippen molar-refractivity contribution in [3.63, 3.8) is 0 Å². The summed E-state index contributed by atoms with van der Waals surface area (Å²) < 4.78 is 9.83. The molecular weight excluding hydrogens is 454 g/mol. The molecule has 0 aliphatic carbocycles. The Morgan fingerprint density at radius 1 is 1.20 bits per heavy atom. The third-order valence-corrected chi connectivity index (χ3v) is 4.75. The number of hydrogen-bond donors (Lipinski definition) is 3. The van der Waals surface area contributed by atoms with E-state index in [1.807, 2.05) is 13.8 Å².